The number of aromatic nitrogens is 2. The van der Waals surface area contributed by atoms with Crippen LogP contribution < -0.4 is 4.90 Å². The molecule has 0 aliphatic rings. The van der Waals surface area contributed by atoms with Crippen molar-refractivity contribution >= 4 is 5.95 Å². The molecule has 1 N–H and O–H groups in total. The molecule has 0 amide bonds. The molecule has 0 aromatic carbocycles. The van der Waals surface area contributed by atoms with E-state index in [1.165, 1.54) is 0 Å². The molecule has 1 atom stereocenters. The third-order valence-corrected chi connectivity index (χ3v) is 2.25. The molecule has 1 aromatic heterocycles. The highest BCUT2D eigenvalue weighted by molar-refractivity contribution is 5.29. The standard InChI is InChI=1S/C11H16N4O/c1-3-15(7-9(2)4-12)11-13-5-10(8-16)6-14-11/h5-6,9,16H,3,7-8H2,1-2H3. The minimum atomic E-state index is -0.0546. The van der Waals surface area contributed by atoms with Gasteiger partial charge in [-0.05, 0) is 13.8 Å². The minimum absolute atomic E-state index is 0.0546. The zero-order valence-corrected chi connectivity index (χ0v) is 9.59. The predicted octanol–water partition coefficient (Wildman–Crippen LogP) is 0.955. The number of anilines is 1. The van der Waals surface area contributed by atoms with Gasteiger partial charge in [0.2, 0.25) is 5.95 Å². The first kappa shape index (κ1) is 12.4. The van der Waals surface area contributed by atoms with Crippen molar-refractivity contribution in [3.63, 3.8) is 0 Å². The number of hydrogen-bond donors (Lipinski definition) is 1. The summed E-state index contributed by atoms with van der Waals surface area (Å²) in [6.07, 6.45) is 3.20. The summed E-state index contributed by atoms with van der Waals surface area (Å²) < 4.78 is 0. The van der Waals surface area contributed by atoms with E-state index in [4.69, 9.17) is 10.4 Å². The van der Waals surface area contributed by atoms with Crippen molar-refractivity contribution in [2.45, 2.75) is 20.5 Å². The summed E-state index contributed by atoms with van der Waals surface area (Å²) in [6, 6.07) is 2.18. The minimum Gasteiger partial charge on any atom is -0.392 e. The van der Waals surface area contributed by atoms with Crippen molar-refractivity contribution in [1.82, 2.24) is 9.97 Å². The maximum Gasteiger partial charge on any atom is 0.225 e. The molecule has 0 saturated carbocycles. The third-order valence-electron chi connectivity index (χ3n) is 2.25. The van der Waals surface area contributed by atoms with Crippen LogP contribution in [0.2, 0.25) is 0 Å². The Balaban J connectivity index is 2.75. The van der Waals surface area contributed by atoms with Crippen LogP contribution in [0.15, 0.2) is 12.4 Å². The average molecular weight is 220 g/mol. The Morgan fingerprint density at radius 2 is 2.12 bits per heavy atom. The first-order chi connectivity index (χ1) is 7.71. The van der Waals surface area contributed by atoms with Crippen molar-refractivity contribution in [3.05, 3.63) is 18.0 Å². The average Bonchev–Trinajstić information content (AvgIpc) is 2.35. The number of nitriles is 1. The molecule has 16 heavy (non-hydrogen) atoms. The fourth-order valence-electron chi connectivity index (χ4n) is 1.32. The van der Waals surface area contributed by atoms with E-state index in [0.29, 0.717) is 18.1 Å². The molecule has 0 bridgehead atoms. The van der Waals surface area contributed by atoms with Gasteiger partial charge >= 0.3 is 0 Å². The highest BCUT2D eigenvalue weighted by Gasteiger charge is 2.11. The number of nitrogens with zero attached hydrogens (tertiary/aromatic N) is 4. The van der Waals surface area contributed by atoms with Gasteiger partial charge in [0, 0.05) is 31.0 Å². The van der Waals surface area contributed by atoms with Gasteiger partial charge in [0.1, 0.15) is 0 Å². The quantitative estimate of drug-likeness (QED) is 0.800. The molecule has 0 aliphatic carbocycles. The Morgan fingerprint density at radius 3 is 2.56 bits per heavy atom. The van der Waals surface area contributed by atoms with E-state index >= 15 is 0 Å². The molecular weight excluding hydrogens is 204 g/mol. The SMILES string of the molecule is CCN(CC(C)C#N)c1ncc(CO)cn1. The largest absolute Gasteiger partial charge is 0.392 e. The molecule has 0 aliphatic heterocycles. The molecule has 5 nitrogen and oxygen atoms in total. The number of aliphatic hydroxyl groups is 1. The summed E-state index contributed by atoms with van der Waals surface area (Å²) >= 11 is 0. The molecule has 5 heteroatoms. The van der Waals surface area contributed by atoms with Crippen LogP contribution in [0.3, 0.4) is 0 Å². The molecule has 1 rings (SSSR count). The number of hydrogen-bond acceptors (Lipinski definition) is 5. The second-order valence-electron chi connectivity index (χ2n) is 3.62. The molecule has 0 radical (unpaired) electrons. The zero-order chi connectivity index (χ0) is 12.0. The summed E-state index contributed by atoms with van der Waals surface area (Å²) in [4.78, 5) is 10.2. The third kappa shape index (κ3) is 3.17. The maximum absolute atomic E-state index is 8.87. The van der Waals surface area contributed by atoms with E-state index < -0.39 is 0 Å². The molecule has 0 saturated heterocycles. The normalized spacial score (nSPS) is 11.9. The lowest BCUT2D eigenvalue weighted by molar-refractivity contribution is 0.281. The summed E-state index contributed by atoms with van der Waals surface area (Å²) in [5, 5.41) is 17.6. The van der Waals surface area contributed by atoms with Gasteiger partial charge in [0.25, 0.3) is 0 Å². The van der Waals surface area contributed by atoms with Crippen molar-refractivity contribution in [2.75, 3.05) is 18.0 Å². The van der Waals surface area contributed by atoms with E-state index in [2.05, 4.69) is 16.0 Å². The van der Waals surface area contributed by atoms with Crippen LogP contribution in [0.5, 0.6) is 0 Å². The molecule has 86 valence electrons. The van der Waals surface area contributed by atoms with Crippen LogP contribution in [0, 0.1) is 17.2 Å². The van der Waals surface area contributed by atoms with E-state index in [1.54, 1.807) is 12.4 Å². The summed E-state index contributed by atoms with van der Waals surface area (Å²) in [5.41, 5.74) is 0.688. The van der Waals surface area contributed by atoms with Crippen LogP contribution in [0.25, 0.3) is 0 Å². The highest BCUT2D eigenvalue weighted by Crippen LogP contribution is 2.09. The van der Waals surface area contributed by atoms with Crippen molar-refractivity contribution in [3.8, 4) is 6.07 Å². The van der Waals surface area contributed by atoms with Gasteiger partial charge in [-0.15, -0.1) is 0 Å². The van der Waals surface area contributed by atoms with Gasteiger partial charge < -0.3 is 10.0 Å². The van der Waals surface area contributed by atoms with Crippen LogP contribution >= 0.6 is 0 Å². The molecule has 0 spiro atoms. The van der Waals surface area contributed by atoms with E-state index in [0.717, 1.165) is 6.54 Å². The lowest BCUT2D eigenvalue weighted by Crippen LogP contribution is -2.29. The smallest absolute Gasteiger partial charge is 0.225 e. The van der Waals surface area contributed by atoms with Crippen LogP contribution in [-0.4, -0.2) is 28.2 Å². The number of aliphatic hydroxyl groups excluding tert-OH is 1. The first-order valence-electron chi connectivity index (χ1n) is 5.27. The van der Waals surface area contributed by atoms with E-state index in [-0.39, 0.29) is 12.5 Å². The Kier molecular flexibility index (Phi) is 4.67. The number of rotatable bonds is 5. The molecule has 0 fully saturated rings. The lowest BCUT2D eigenvalue weighted by atomic mass is 10.2. The molecule has 1 heterocycles. The molecular formula is C11H16N4O. The highest BCUT2D eigenvalue weighted by atomic mass is 16.3. The fourth-order valence-corrected chi connectivity index (χ4v) is 1.32. The first-order valence-corrected chi connectivity index (χ1v) is 5.27. The Bertz CT molecular complexity index is 357. The van der Waals surface area contributed by atoms with Gasteiger partial charge in [-0.25, -0.2) is 9.97 Å². The van der Waals surface area contributed by atoms with Crippen molar-refractivity contribution < 1.29 is 5.11 Å². The maximum atomic E-state index is 8.87. The van der Waals surface area contributed by atoms with E-state index in [1.807, 2.05) is 18.7 Å². The van der Waals surface area contributed by atoms with Crippen molar-refractivity contribution in [2.24, 2.45) is 5.92 Å². The topological polar surface area (TPSA) is 73.0 Å². The Hall–Kier alpha value is -1.67. The summed E-state index contributed by atoms with van der Waals surface area (Å²) in [6.45, 7) is 5.18. The Morgan fingerprint density at radius 1 is 1.50 bits per heavy atom. The summed E-state index contributed by atoms with van der Waals surface area (Å²) in [5.74, 6) is 0.544. The fraction of sp³-hybridized carbons (Fsp3) is 0.545. The van der Waals surface area contributed by atoms with Gasteiger partial charge in [-0.1, -0.05) is 0 Å². The van der Waals surface area contributed by atoms with Gasteiger partial charge in [-0.3, -0.25) is 0 Å². The van der Waals surface area contributed by atoms with E-state index in [9.17, 15) is 0 Å². The second-order valence-corrected chi connectivity index (χ2v) is 3.62. The zero-order valence-electron chi connectivity index (χ0n) is 9.59. The Labute approximate surface area is 95.4 Å². The lowest BCUT2D eigenvalue weighted by Gasteiger charge is -2.21. The molecule has 1 aromatic rings. The van der Waals surface area contributed by atoms with Gasteiger partial charge in [-0.2, -0.15) is 5.26 Å². The second kappa shape index (κ2) is 6.03. The van der Waals surface area contributed by atoms with Crippen LogP contribution in [0.1, 0.15) is 19.4 Å². The van der Waals surface area contributed by atoms with Gasteiger partial charge in [0.15, 0.2) is 0 Å². The van der Waals surface area contributed by atoms with Crippen molar-refractivity contribution in [1.29, 1.82) is 5.26 Å². The molecule has 1 unspecified atom stereocenters. The van der Waals surface area contributed by atoms with Crippen LogP contribution in [0.4, 0.5) is 5.95 Å². The van der Waals surface area contributed by atoms with Crippen LogP contribution in [-0.2, 0) is 6.61 Å². The summed E-state index contributed by atoms with van der Waals surface area (Å²) in [7, 11) is 0. The monoisotopic (exact) mass is 220 g/mol. The predicted molar refractivity (Wildman–Crippen MR) is 60.6 cm³/mol. The van der Waals surface area contributed by atoms with Gasteiger partial charge in [0.05, 0.1) is 18.6 Å².